The molecule has 1 aromatic rings. The first kappa shape index (κ1) is 9.68. The van der Waals surface area contributed by atoms with Gasteiger partial charge in [-0.3, -0.25) is 4.90 Å². The quantitative estimate of drug-likeness (QED) is 0.772. The van der Waals surface area contributed by atoms with Crippen molar-refractivity contribution < 1.29 is 9.90 Å². The maximum atomic E-state index is 10.8. The lowest BCUT2D eigenvalue weighted by Gasteiger charge is -2.29. The van der Waals surface area contributed by atoms with E-state index in [9.17, 15) is 4.79 Å². The second kappa shape index (κ2) is 3.37. The van der Waals surface area contributed by atoms with Crippen LogP contribution >= 0.6 is 11.3 Å². The fourth-order valence-electron chi connectivity index (χ4n) is 1.79. The molecule has 0 radical (unpaired) electrons. The van der Waals surface area contributed by atoms with Gasteiger partial charge in [0.05, 0.1) is 0 Å². The maximum Gasteiger partial charge on any atom is 0.345 e. The first-order valence-electron chi connectivity index (χ1n) is 4.65. The third kappa shape index (κ3) is 1.44. The van der Waals surface area contributed by atoms with Gasteiger partial charge in [-0.15, -0.1) is 11.3 Å². The van der Waals surface area contributed by atoms with E-state index in [2.05, 4.69) is 18.9 Å². The molecular formula is C10H13NO2S. The topological polar surface area (TPSA) is 40.5 Å². The molecule has 76 valence electrons. The summed E-state index contributed by atoms with van der Waals surface area (Å²) >= 11 is 1.41. The van der Waals surface area contributed by atoms with Gasteiger partial charge in [0.1, 0.15) is 4.88 Å². The number of likely N-dealkylation sites (N-methyl/N-ethyl adjacent to an activating group) is 1. The summed E-state index contributed by atoms with van der Waals surface area (Å²) in [6.07, 6.45) is 0.972. The molecule has 14 heavy (non-hydrogen) atoms. The number of carboxylic acids is 1. The molecule has 0 fully saturated rings. The van der Waals surface area contributed by atoms with Crippen LogP contribution in [-0.4, -0.2) is 29.6 Å². The van der Waals surface area contributed by atoms with Gasteiger partial charge in [-0.05, 0) is 32.0 Å². The predicted molar refractivity (Wildman–Crippen MR) is 56.0 cm³/mol. The number of thiophene rings is 1. The van der Waals surface area contributed by atoms with E-state index in [1.165, 1.54) is 21.8 Å². The van der Waals surface area contributed by atoms with Gasteiger partial charge in [0.15, 0.2) is 0 Å². The Labute approximate surface area is 87.0 Å². The summed E-state index contributed by atoms with van der Waals surface area (Å²) in [4.78, 5) is 14.7. The van der Waals surface area contributed by atoms with Crippen LogP contribution in [0.1, 0.15) is 33.1 Å². The van der Waals surface area contributed by atoms with E-state index >= 15 is 0 Å². The number of aromatic carboxylic acids is 1. The van der Waals surface area contributed by atoms with Gasteiger partial charge in [-0.25, -0.2) is 4.79 Å². The highest BCUT2D eigenvalue weighted by Crippen LogP contribution is 2.34. The van der Waals surface area contributed by atoms with Crippen molar-refractivity contribution in [1.82, 2.24) is 4.90 Å². The number of nitrogens with zero attached hydrogens (tertiary/aromatic N) is 1. The fourth-order valence-corrected chi connectivity index (χ4v) is 2.96. The molecule has 3 nitrogen and oxygen atoms in total. The second-order valence-electron chi connectivity index (χ2n) is 3.71. The van der Waals surface area contributed by atoms with E-state index < -0.39 is 5.97 Å². The number of carbonyl (C=O) groups is 1. The molecular weight excluding hydrogens is 198 g/mol. The molecule has 0 spiro atoms. The van der Waals surface area contributed by atoms with Crippen LogP contribution in [-0.2, 0) is 6.42 Å². The van der Waals surface area contributed by atoms with E-state index in [0.717, 1.165) is 13.0 Å². The molecule has 0 bridgehead atoms. The minimum atomic E-state index is -0.806. The van der Waals surface area contributed by atoms with Crippen molar-refractivity contribution in [2.24, 2.45) is 0 Å². The largest absolute Gasteiger partial charge is 0.477 e. The first-order valence-corrected chi connectivity index (χ1v) is 5.47. The average Bonchev–Trinajstić information content (AvgIpc) is 2.56. The minimum Gasteiger partial charge on any atom is -0.477 e. The molecule has 0 amide bonds. The molecule has 0 saturated carbocycles. The van der Waals surface area contributed by atoms with Gasteiger partial charge in [0.2, 0.25) is 0 Å². The number of hydrogen-bond acceptors (Lipinski definition) is 3. The van der Waals surface area contributed by atoms with Crippen LogP contribution < -0.4 is 0 Å². The predicted octanol–water partition coefficient (Wildman–Crippen LogP) is 2.00. The van der Waals surface area contributed by atoms with Crippen molar-refractivity contribution in [3.63, 3.8) is 0 Å². The molecule has 1 aliphatic rings. The van der Waals surface area contributed by atoms with E-state index in [1.54, 1.807) is 0 Å². The van der Waals surface area contributed by atoms with Crippen LogP contribution in [0.3, 0.4) is 0 Å². The molecule has 4 heteroatoms. The zero-order chi connectivity index (χ0) is 10.3. The van der Waals surface area contributed by atoms with Crippen LogP contribution in [0.5, 0.6) is 0 Å². The highest BCUT2D eigenvalue weighted by atomic mass is 32.1. The fraction of sp³-hybridized carbons (Fsp3) is 0.500. The van der Waals surface area contributed by atoms with Crippen molar-refractivity contribution in [2.45, 2.75) is 19.4 Å². The van der Waals surface area contributed by atoms with E-state index in [1.807, 2.05) is 6.07 Å². The zero-order valence-electron chi connectivity index (χ0n) is 8.28. The Hall–Kier alpha value is -0.870. The van der Waals surface area contributed by atoms with Crippen molar-refractivity contribution in [1.29, 1.82) is 0 Å². The lowest BCUT2D eigenvalue weighted by atomic mass is 10.0. The molecule has 1 atom stereocenters. The molecule has 0 saturated heterocycles. The second-order valence-corrected chi connectivity index (χ2v) is 4.80. The lowest BCUT2D eigenvalue weighted by Crippen LogP contribution is -2.28. The normalized spacial score (nSPS) is 22.0. The van der Waals surface area contributed by atoms with Crippen LogP contribution in [0, 0.1) is 0 Å². The monoisotopic (exact) mass is 211 g/mol. The summed E-state index contributed by atoms with van der Waals surface area (Å²) in [5.41, 5.74) is 1.22. The Kier molecular flexibility index (Phi) is 2.33. The molecule has 1 unspecified atom stereocenters. The maximum absolute atomic E-state index is 10.8. The number of fused-ring (bicyclic) bond motifs is 1. The Bertz CT molecular complexity index is 372. The van der Waals surface area contributed by atoms with Crippen LogP contribution in [0.4, 0.5) is 0 Å². The molecule has 2 heterocycles. The van der Waals surface area contributed by atoms with Gasteiger partial charge in [-0.1, -0.05) is 0 Å². The smallest absolute Gasteiger partial charge is 0.345 e. The summed E-state index contributed by atoms with van der Waals surface area (Å²) < 4.78 is 0. The highest BCUT2D eigenvalue weighted by Gasteiger charge is 2.24. The van der Waals surface area contributed by atoms with Gasteiger partial charge < -0.3 is 5.11 Å². The van der Waals surface area contributed by atoms with E-state index in [4.69, 9.17) is 5.11 Å². The Morgan fingerprint density at radius 3 is 3.07 bits per heavy atom. The molecule has 0 aromatic carbocycles. The third-order valence-corrected chi connectivity index (χ3v) is 4.16. The van der Waals surface area contributed by atoms with Gasteiger partial charge in [0.25, 0.3) is 0 Å². The zero-order valence-corrected chi connectivity index (χ0v) is 9.10. The SMILES string of the molecule is CC1c2sc(C(=O)O)cc2CCN1C. The molecule has 2 rings (SSSR count). The average molecular weight is 211 g/mol. The number of rotatable bonds is 1. The third-order valence-electron chi connectivity index (χ3n) is 2.83. The van der Waals surface area contributed by atoms with Gasteiger partial charge >= 0.3 is 5.97 Å². The van der Waals surface area contributed by atoms with Gasteiger partial charge in [0, 0.05) is 17.5 Å². The number of hydrogen-bond donors (Lipinski definition) is 1. The van der Waals surface area contributed by atoms with Crippen molar-refractivity contribution in [3.05, 3.63) is 21.4 Å². The first-order chi connectivity index (χ1) is 6.59. The standard InChI is InChI=1S/C10H13NO2S/c1-6-9-7(3-4-11(6)2)5-8(14-9)10(12)13/h5-6H,3-4H2,1-2H3,(H,12,13). The Balaban J connectivity index is 2.41. The van der Waals surface area contributed by atoms with Crippen molar-refractivity contribution >= 4 is 17.3 Å². The lowest BCUT2D eigenvalue weighted by molar-refractivity contribution is 0.0702. The summed E-state index contributed by atoms with van der Waals surface area (Å²) in [7, 11) is 2.08. The molecule has 1 aliphatic heterocycles. The highest BCUT2D eigenvalue weighted by molar-refractivity contribution is 7.14. The Morgan fingerprint density at radius 2 is 2.43 bits per heavy atom. The number of carboxylic acid groups (broad SMARTS) is 1. The summed E-state index contributed by atoms with van der Waals surface area (Å²) in [6.45, 7) is 3.14. The summed E-state index contributed by atoms with van der Waals surface area (Å²) in [5.74, 6) is -0.806. The minimum absolute atomic E-state index is 0.358. The van der Waals surface area contributed by atoms with Crippen molar-refractivity contribution in [3.8, 4) is 0 Å². The van der Waals surface area contributed by atoms with Crippen LogP contribution in [0.25, 0.3) is 0 Å². The van der Waals surface area contributed by atoms with E-state index in [-0.39, 0.29) is 0 Å². The summed E-state index contributed by atoms with van der Waals surface area (Å²) in [6, 6.07) is 2.18. The Morgan fingerprint density at radius 1 is 1.71 bits per heavy atom. The van der Waals surface area contributed by atoms with Crippen molar-refractivity contribution in [2.75, 3.05) is 13.6 Å². The van der Waals surface area contributed by atoms with Gasteiger partial charge in [-0.2, -0.15) is 0 Å². The summed E-state index contributed by atoms with van der Waals surface area (Å²) in [5, 5.41) is 8.88. The molecule has 1 N–H and O–H groups in total. The van der Waals surface area contributed by atoms with Crippen LogP contribution in [0.15, 0.2) is 6.07 Å². The van der Waals surface area contributed by atoms with Crippen LogP contribution in [0.2, 0.25) is 0 Å². The van der Waals surface area contributed by atoms with E-state index in [0.29, 0.717) is 10.9 Å². The molecule has 1 aromatic heterocycles. The molecule has 0 aliphatic carbocycles.